The molecule has 2 saturated carbocycles. The van der Waals surface area contributed by atoms with E-state index in [-0.39, 0.29) is 5.56 Å². The molecule has 0 amide bonds. The van der Waals surface area contributed by atoms with Crippen molar-refractivity contribution in [1.82, 2.24) is 4.57 Å². The summed E-state index contributed by atoms with van der Waals surface area (Å²) < 4.78 is 1.92. The largest absolute Gasteiger partial charge is 0.312 e. The lowest BCUT2D eigenvalue weighted by molar-refractivity contribution is 0.457. The first kappa shape index (κ1) is 10.6. The van der Waals surface area contributed by atoms with E-state index in [1.165, 1.54) is 19.3 Å². The minimum atomic E-state index is 0.112. The molecule has 0 saturated heterocycles. The first-order valence-electron chi connectivity index (χ1n) is 6.53. The maximum absolute atomic E-state index is 12.5. The normalized spacial score (nSPS) is 29.5. The highest BCUT2D eigenvalue weighted by Gasteiger charge is 2.46. The molecule has 1 heterocycles. The predicted octanol–water partition coefficient (Wildman–Crippen LogP) is 3.63. The van der Waals surface area contributed by atoms with Crippen LogP contribution in [-0.4, -0.2) is 4.57 Å². The molecule has 4 rings (SSSR count). The Labute approximate surface area is 110 Å². The van der Waals surface area contributed by atoms with E-state index in [9.17, 15) is 4.79 Å². The van der Waals surface area contributed by atoms with E-state index >= 15 is 0 Å². The van der Waals surface area contributed by atoms with Crippen molar-refractivity contribution in [3.8, 4) is 0 Å². The zero-order chi connectivity index (χ0) is 12.3. The number of benzene rings is 1. The van der Waals surface area contributed by atoms with Crippen molar-refractivity contribution >= 4 is 22.4 Å². The van der Waals surface area contributed by atoms with Crippen LogP contribution < -0.4 is 5.56 Å². The molecular weight excluding hydrogens is 246 g/mol. The molecule has 18 heavy (non-hydrogen) atoms. The van der Waals surface area contributed by atoms with E-state index < -0.39 is 0 Å². The lowest BCUT2D eigenvalue weighted by Crippen LogP contribution is -2.23. The second-order valence-electron chi connectivity index (χ2n) is 5.64. The zero-order valence-electron chi connectivity index (χ0n) is 9.97. The van der Waals surface area contributed by atoms with Crippen LogP contribution in [0, 0.1) is 11.8 Å². The standard InChI is InChI=1S/C15H14ClNO/c16-12-2-1-9-3-4-17(15(18)14(9)8-12)13-6-10-5-11(10)7-13/h1-4,8,10-11,13H,5-7H2/t10-,11+,13?. The third kappa shape index (κ3) is 1.52. The fourth-order valence-electron chi connectivity index (χ4n) is 3.42. The topological polar surface area (TPSA) is 22.0 Å². The zero-order valence-corrected chi connectivity index (χ0v) is 10.7. The molecule has 1 aromatic carbocycles. The summed E-state index contributed by atoms with van der Waals surface area (Å²) in [6.45, 7) is 0. The summed E-state index contributed by atoms with van der Waals surface area (Å²) in [5, 5.41) is 2.35. The van der Waals surface area contributed by atoms with Crippen LogP contribution in [0.15, 0.2) is 35.3 Å². The summed E-state index contributed by atoms with van der Waals surface area (Å²) >= 11 is 5.98. The van der Waals surface area contributed by atoms with E-state index in [1.807, 2.05) is 29.0 Å². The highest BCUT2D eigenvalue weighted by atomic mass is 35.5. The fourth-order valence-corrected chi connectivity index (χ4v) is 3.60. The third-order valence-electron chi connectivity index (χ3n) is 4.51. The smallest absolute Gasteiger partial charge is 0.258 e. The van der Waals surface area contributed by atoms with Gasteiger partial charge in [-0.1, -0.05) is 17.7 Å². The maximum atomic E-state index is 12.5. The van der Waals surface area contributed by atoms with Gasteiger partial charge in [0, 0.05) is 22.6 Å². The molecule has 2 nitrogen and oxygen atoms in total. The Balaban J connectivity index is 1.86. The number of hydrogen-bond acceptors (Lipinski definition) is 1. The lowest BCUT2D eigenvalue weighted by Gasteiger charge is -2.16. The van der Waals surface area contributed by atoms with Crippen LogP contribution in [0.3, 0.4) is 0 Å². The first-order valence-corrected chi connectivity index (χ1v) is 6.90. The first-order chi connectivity index (χ1) is 8.72. The quantitative estimate of drug-likeness (QED) is 0.767. The molecule has 3 heteroatoms. The van der Waals surface area contributed by atoms with Gasteiger partial charge < -0.3 is 4.57 Å². The van der Waals surface area contributed by atoms with Crippen molar-refractivity contribution < 1.29 is 0 Å². The second kappa shape index (κ2) is 3.61. The summed E-state index contributed by atoms with van der Waals surface area (Å²) in [5.41, 5.74) is 0.112. The summed E-state index contributed by atoms with van der Waals surface area (Å²) in [6, 6.07) is 7.96. The molecule has 0 bridgehead atoms. The number of fused-ring (bicyclic) bond motifs is 2. The Morgan fingerprint density at radius 3 is 2.67 bits per heavy atom. The van der Waals surface area contributed by atoms with E-state index in [0.29, 0.717) is 11.1 Å². The van der Waals surface area contributed by atoms with Crippen molar-refractivity contribution in [1.29, 1.82) is 0 Å². The van der Waals surface area contributed by atoms with Gasteiger partial charge in [-0.2, -0.15) is 0 Å². The van der Waals surface area contributed by atoms with Crippen LogP contribution >= 0.6 is 11.6 Å². The minimum absolute atomic E-state index is 0.112. The van der Waals surface area contributed by atoms with Crippen molar-refractivity contribution in [3.63, 3.8) is 0 Å². The summed E-state index contributed by atoms with van der Waals surface area (Å²) in [7, 11) is 0. The molecule has 0 N–H and O–H groups in total. The van der Waals surface area contributed by atoms with Crippen LogP contribution in [0.5, 0.6) is 0 Å². The predicted molar refractivity (Wildman–Crippen MR) is 73.1 cm³/mol. The van der Waals surface area contributed by atoms with Gasteiger partial charge in [-0.15, -0.1) is 0 Å². The third-order valence-corrected chi connectivity index (χ3v) is 4.74. The van der Waals surface area contributed by atoms with E-state index in [4.69, 9.17) is 11.6 Å². The van der Waals surface area contributed by atoms with Crippen LogP contribution in [0.4, 0.5) is 0 Å². The van der Waals surface area contributed by atoms with Crippen molar-refractivity contribution in [3.05, 3.63) is 45.8 Å². The van der Waals surface area contributed by atoms with Crippen LogP contribution in [-0.2, 0) is 0 Å². The molecule has 2 aliphatic rings. The number of halogens is 1. The minimum Gasteiger partial charge on any atom is -0.312 e. The second-order valence-corrected chi connectivity index (χ2v) is 6.08. The number of nitrogens with zero attached hydrogens (tertiary/aromatic N) is 1. The van der Waals surface area contributed by atoms with Crippen molar-refractivity contribution in [2.24, 2.45) is 11.8 Å². The molecule has 0 spiro atoms. The summed E-state index contributed by atoms with van der Waals surface area (Å²) in [6.07, 6.45) is 5.69. The highest BCUT2D eigenvalue weighted by Crippen LogP contribution is 2.55. The van der Waals surface area contributed by atoms with Gasteiger partial charge in [0.1, 0.15) is 0 Å². The molecule has 2 aromatic rings. The molecule has 0 radical (unpaired) electrons. The van der Waals surface area contributed by atoms with Crippen molar-refractivity contribution in [2.75, 3.05) is 0 Å². The van der Waals surface area contributed by atoms with Gasteiger partial charge in [0.05, 0.1) is 0 Å². The molecule has 1 aromatic heterocycles. The monoisotopic (exact) mass is 259 g/mol. The molecule has 1 unspecified atom stereocenters. The molecule has 92 valence electrons. The van der Waals surface area contributed by atoms with Crippen molar-refractivity contribution in [2.45, 2.75) is 25.3 Å². The Bertz CT molecular complexity index is 680. The van der Waals surface area contributed by atoms with Gasteiger partial charge in [-0.05, 0) is 54.7 Å². The van der Waals surface area contributed by atoms with Gasteiger partial charge >= 0.3 is 0 Å². The SMILES string of the molecule is O=c1c2cc(Cl)ccc2ccn1C1C[C@@H]2C[C@@H]2C1. The maximum Gasteiger partial charge on any atom is 0.258 e. The highest BCUT2D eigenvalue weighted by molar-refractivity contribution is 6.31. The van der Waals surface area contributed by atoms with E-state index in [2.05, 4.69) is 0 Å². The number of rotatable bonds is 1. The molecule has 2 aliphatic carbocycles. The summed E-state index contributed by atoms with van der Waals surface area (Å²) in [5.74, 6) is 1.77. The Morgan fingerprint density at radius 1 is 1.11 bits per heavy atom. The van der Waals surface area contributed by atoms with Gasteiger partial charge in [-0.25, -0.2) is 0 Å². The van der Waals surface area contributed by atoms with Crippen LogP contribution in [0.25, 0.3) is 10.8 Å². The molecule has 3 atom stereocenters. The van der Waals surface area contributed by atoms with Crippen LogP contribution in [0.1, 0.15) is 25.3 Å². The Morgan fingerprint density at radius 2 is 1.89 bits per heavy atom. The Kier molecular flexibility index (Phi) is 2.13. The van der Waals surface area contributed by atoms with Gasteiger partial charge in [0.25, 0.3) is 5.56 Å². The average molecular weight is 260 g/mol. The lowest BCUT2D eigenvalue weighted by atomic mass is 10.1. The van der Waals surface area contributed by atoms with Gasteiger partial charge in [0.2, 0.25) is 0 Å². The van der Waals surface area contributed by atoms with E-state index in [0.717, 1.165) is 22.6 Å². The average Bonchev–Trinajstić information content (AvgIpc) is 2.98. The number of hydrogen-bond donors (Lipinski definition) is 0. The molecular formula is C15H14ClNO. The molecule has 2 fully saturated rings. The van der Waals surface area contributed by atoms with Gasteiger partial charge in [-0.3, -0.25) is 4.79 Å². The van der Waals surface area contributed by atoms with Gasteiger partial charge in [0.15, 0.2) is 0 Å². The van der Waals surface area contributed by atoms with Crippen LogP contribution in [0.2, 0.25) is 5.02 Å². The summed E-state index contributed by atoms with van der Waals surface area (Å²) in [4.78, 5) is 12.5. The molecule has 0 aliphatic heterocycles. The number of aromatic nitrogens is 1. The fraction of sp³-hybridized carbons (Fsp3) is 0.400. The Hall–Kier alpha value is -1.28. The number of pyridine rings is 1. The van der Waals surface area contributed by atoms with E-state index in [1.54, 1.807) is 6.07 Å².